The fourth-order valence-corrected chi connectivity index (χ4v) is 5.41. The first-order valence-electron chi connectivity index (χ1n) is 11.6. The van der Waals surface area contributed by atoms with Crippen LogP contribution >= 0.6 is 0 Å². The highest BCUT2D eigenvalue weighted by molar-refractivity contribution is 5.82. The number of fused-ring (bicyclic) bond motifs is 3. The summed E-state index contributed by atoms with van der Waals surface area (Å²) in [6.45, 7) is 0.219. The van der Waals surface area contributed by atoms with Crippen molar-refractivity contribution in [2.75, 3.05) is 13.2 Å². The van der Waals surface area contributed by atoms with Gasteiger partial charge in [-0.15, -0.1) is 0 Å². The Morgan fingerprint density at radius 1 is 0.971 bits per heavy atom. The smallest absolute Gasteiger partial charge is 0.410 e. The average molecular weight is 469 g/mol. The summed E-state index contributed by atoms with van der Waals surface area (Å²) in [6, 6.07) is 24.8. The van der Waals surface area contributed by atoms with Crippen LogP contribution in [0.25, 0.3) is 16.8 Å². The molecule has 3 aromatic carbocycles. The molecule has 2 heterocycles. The first-order chi connectivity index (χ1) is 17.0. The van der Waals surface area contributed by atoms with Gasteiger partial charge < -0.3 is 9.84 Å². The Hall–Kier alpha value is -4.10. The lowest BCUT2D eigenvalue weighted by atomic mass is 9.98. The Morgan fingerprint density at radius 2 is 1.60 bits per heavy atom. The van der Waals surface area contributed by atoms with E-state index in [4.69, 9.17) is 9.57 Å². The maximum absolute atomic E-state index is 13.2. The molecule has 1 saturated heterocycles. The zero-order chi connectivity index (χ0) is 24.0. The molecule has 1 aliphatic carbocycles. The summed E-state index contributed by atoms with van der Waals surface area (Å²) in [5, 5.41) is 9.85. The van der Waals surface area contributed by atoms with E-state index in [2.05, 4.69) is 17.6 Å². The predicted molar refractivity (Wildman–Crippen MR) is 129 cm³/mol. The van der Waals surface area contributed by atoms with E-state index in [0.717, 1.165) is 33.5 Å². The summed E-state index contributed by atoms with van der Waals surface area (Å²) >= 11 is 0. The number of amides is 1. The molecule has 2 aliphatic heterocycles. The molecule has 2 N–H and O–H groups in total. The third kappa shape index (κ3) is 3.65. The van der Waals surface area contributed by atoms with Gasteiger partial charge in [0.2, 0.25) is 0 Å². The zero-order valence-corrected chi connectivity index (χ0v) is 18.9. The highest BCUT2D eigenvalue weighted by Gasteiger charge is 2.52. The Morgan fingerprint density at radius 3 is 2.26 bits per heavy atom. The summed E-state index contributed by atoms with van der Waals surface area (Å²) in [7, 11) is 0. The van der Waals surface area contributed by atoms with Gasteiger partial charge in [0.05, 0.1) is 12.2 Å². The number of benzene rings is 3. The van der Waals surface area contributed by atoms with E-state index in [0.29, 0.717) is 0 Å². The Kier molecular flexibility index (Phi) is 5.07. The van der Waals surface area contributed by atoms with Gasteiger partial charge in [0.25, 0.3) is 0 Å². The van der Waals surface area contributed by atoms with Crippen LogP contribution in [0.15, 0.2) is 84.9 Å². The van der Waals surface area contributed by atoms with Gasteiger partial charge in [-0.3, -0.25) is 15.2 Å². The second kappa shape index (κ2) is 8.29. The van der Waals surface area contributed by atoms with Gasteiger partial charge in [-0.05, 0) is 33.9 Å². The zero-order valence-electron chi connectivity index (χ0n) is 18.9. The van der Waals surface area contributed by atoms with Crippen LogP contribution in [0.4, 0.5) is 4.79 Å². The van der Waals surface area contributed by atoms with Crippen molar-refractivity contribution in [1.82, 2.24) is 10.4 Å². The van der Waals surface area contributed by atoms with Crippen LogP contribution in [0.2, 0.25) is 0 Å². The minimum Gasteiger partial charge on any atom is -0.480 e. The number of likely N-dealkylation sites (tertiary alicyclic amines) is 1. The largest absolute Gasteiger partial charge is 0.480 e. The molecular weight excluding hydrogens is 444 g/mol. The summed E-state index contributed by atoms with van der Waals surface area (Å²) in [5.74, 6) is -1.18. The average Bonchev–Trinajstić information content (AvgIpc) is 3.58. The van der Waals surface area contributed by atoms with E-state index in [1.807, 2.05) is 72.8 Å². The maximum atomic E-state index is 13.2. The molecule has 35 heavy (non-hydrogen) atoms. The molecule has 0 saturated carbocycles. The molecule has 6 rings (SSSR count). The summed E-state index contributed by atoms with van der Waals surface area (Å²) < 4.78 is 5.75. The van der Waals surface area contributed by atoms with Crippen LogP contribution in [0, 0.1) is 0 Å². The SMILES string of the molecule is O=C(O)[C@@H]1C[C@]2(C=C(c3ccccc3)NO2)CN1C(=O)OCC1c2ccccc2-c2ccccc21. The highest BCUT2D eigenvalue weighted by atomic mass is 16.7. The van der Waals surface area contributed by atoms with Crippen LogP contribution in [0.1, 0.15) is 29.0 Å². The summed E-state index contributed by atoms with van der Waals surface area (Å²) in [6.07, 6.45) is 1.35. The number of carboxylic acids is 1. The van der Waals surface area contributed by atoms with Crippen LogP contribution < -0.4 is 5.48 Å². The number of rotatable bonds is 4. The number of hydrogen-bond donors (Lipinski definition) is 2. The second-order valence-electron chi connectivity index (χ2n) is 9.18. The molecule has 176 valence electrons. The van der Waals surface area contributed by atoms with E-state index in [1.54, 1.807) is 0 Å². The number of hydroxylamine groups is 1. The van der Waals surface area contributed by atoms with Crippen molar-refractivity contribution in [3.8, 4) is 11.1 Å². The molecule has 1 amide bonds. The fraction of sp³-hybridized carbons (Fsp3) is 0.214. The standard InChI is InChI=1S/C28H24N2O5/c31-26(32)25-15-28(14-24(29-35-28)18-8-2-1-3-9-18)17-30(25)27(33)34-16-23-21-12-6-4-10-19(21)20-11-5-7-13-22(20)23/h1-14,23,25,29H,15-17H2,(H,31,32)/t25-,28+/m0/s1. The molecule has 7 nitrogen and oxygen atoms in total. The Labute approximate surface area is 202 Å². The number of ether oxygens (including phenoxy) is 1. The van der Waals surface area contributed by atoms with E-state index in [1.165, 1.54) is 4.90 Å². The number of carbonyl (C=O) groups is 2. The molecule has 3 aromatic rings. The fourth-order valence-electron chi connectivity index (χ4n) is 5.41. The van der Waals surface area contributed by atoms with Crippen LogP contribution in [0.5, 0.6) is 0 Å². The molecular formula is C28H24N2O5. The van der Waals surface area contributed by atoms with Crippen molar-refractivity contribution < 1.29 is 24.3 Å². The number of nitrogens with one attached hydrogen (secondary N) is 1. The van der Waals surface area contributed by atoms with Gasteiger partial charge in [0.15, 0.2) is 0 Å². The second-order valence-corrected chi connectivity index (χ2v) is 9.18. The van der Waals surface area contributed by atoms with E-state index in [9.17, 15) is 14.7 Å². The van der Waals surface area contributed by atoms with Crippen LogP contribution in [-0.4, -0.2) is 46.9 Å². The molecule has 1 fully saturated rings. The molecule has 0 unspecified atom stereocenters. The number of nitrogens with zero attached hydrogens (tertiary/aromatic N) is 1. The number of carbonyl (C=O) groups excluding carboxylic acids is 1. The van der Waals surface area contributed by atoms with Crippen LogP contribution in [0.3, 0.4) is 0 Å². The quantitative estimate of drug-likeness (QED) is 0.590. The third-order valence-corrected chi connectivity index (χ3v) is 7.07. The van der Waals surface area contributed by atoms with Crippen molar-refractivity contribution in [3.63, 3.8) is 0 Å². The number of aliphatic carboxylic acids is 1. The Balaban J connectivity index is 1.21. The third-order valence-electron chi connectivity index (χ3n) is 7.07. The van der Waals surface area contributed by atoms with E-state index < -0.39 is 23.7 Å². The van der Waals surface area contributed by atoms with Gasteiger partial charge in [0.1, 0.15) is 18.2 Å². The van der Waals surface area contributed by atoms with Crippen molar-refractivity contribution in [1.29, 1.82) is 0 Å². The Bertz CT molecular complexity index is 1290. The van der Waals surface area contributed by atoms with E-state index >= 15 is 0 Å². The normalized spacial score (nSPS) is 22.5. The molecule has 0 radical (unpaired) electrons. The minimum absolute atomic E-state index is 0.0873. The lowest BCUT2D eigenvalue weighted by Crippen LogP contribution is -2.42. The number of carboxylic acid groups (broad SMARTS) is 1. The van der Waals surface area contributed by atoms with Crippen LogP contribution in [-0.2, 0) is 14.4 Å². The van der Waals surface area contributed by atoms with Crippen molar-refractivity contribution in [3.05, 3.63) is 102 Å². The van der Waals surface area contributed by atoms with Gasteiger partial charge in [0, 0.05) is 12.3 Å². The lowest BCUT2D eigenvalue weighted by Gasteiger charge is -2.23. The number of hydrogen-bond acceptors (Lipinski definition) is 5. The van der Waals surface area contributed by atoms with Gasteiger partial charge in [-0.25, -0.2) is 9.59 Å². The first kappa shape index (κ1) is 21.4. The van der Waals surface area contributed by atoms with Gasteiger partial charge in [-0.1, -0.05) is 78.9 Å². The molecule has 0 bridgehead atoms. The van der Waals surface area contributed by atoms with Gasteiger partial charge >= 0.3 is 12.1 Å². The summed E-state index contributed by atoms with van der Waals surface area (Å²) in [5.41, 5.74) is 8.14. The molecule has 2 atom stereocenters. The lowest BCUT2D eigenvalue weighted by molar-refractivity contribution is -0.141. The predicted octanol–water partition coefficient (Wildman–Crippen LogP) is 4.41. The topological polar surface area (TPSA) is 88.1 Å². The van der Waals surface area contributed by atoms with Crippen molar-refractivity contribution in [2.24, 2.45) is 0 Å². The molecule has 7 heteroatoms. The van der Waals surface area contributed by atoms with Gasteiger partial charge in [-0.2, -0.15) is 0 Å². The minimum atomic E-state index is -1.08. The van der Waals surface area contributed by atoms with Crippen molar-refractivity contribution >= 4 is 17.8 Å². The molecule has 1 spiro atoms. The first-order valence-corrected chi connectivity index (χ1v) is 11.6. The molecule has 3 aliphatic rings. The maximum Gasteiger partial charge on any atom is 0.410 e. The molecule has 0 aromatic heterocycles. The van der Waals surface area contributed by atoms with E-state index in [-0.39, 0.29) is 25.5 Å². The monoisotopic (exact) mass is 468 g/mol. The highest BCUT2D eigenvalue weighted by Crippen LogP contribution is 2.45. The van der Waals surface area contributed by atoms with Crippen molar-refractivity contribution in [2.45, 2.75) is 24.0 Å². The summed E-state index contributed by atoms with van der Waals surface area (Å²) in [4.78, 5) is 32.3.